The van der Waals surface area contributed by atoms with Crippen LogP contribution in [0.5, 0.6) is 0 Å². The molecule has 2 nitrogen and oxygen atoms in total. The van der Waals surface area contributed by atoms with E-state index in [1.54, 1.807) is 11.8 Å². The largest absolute Gasteiger partial charge is 0.481 e. The van der Waals surface area contributed by atoms with Crippen molar-refractivity contribution in [2.45, 2.75) is 29.4 Å². The number of halogens is 1. The molecule has 0 saturated carbocycles. The molecular formula is C11H11ClO2S. The van der Waals surface area contributed by atoms with Crippen LogP contribution in [0.4, 0.5) is 0 Å². The maximum Gasteiger partial charge on any atom is 0.303 e. The van der Waals surface area contributed by atoms with E-state index in [4.69, 9.17) is 16.7 Å². The lowest BCUT2D eigenvalue weighted by molar-refractivity contribution is -0.137. The molecule has 1 unspecified atom stereocenters. The summed E-state index contributed by atoms with van der Waals surface area (Å²) in [6.45, 7) is 0. The van der Waals surface area contributed by atoms with Crippen molar-refractivity contribution >= 4 is 29.3 Å². The Bertz CT molecular complexity index is 392. The summed E-state index contributed by atoms with van der Waals surface area (Å²) in [7, 11) is 0. The summed E-state index contributed by atoms with van der Waals surface area (Å²) in [4.78, 5) is 11.7. The van der Waals surface area contributed by atoms with Crippen LogP contribution in [0.3, 0.4) is 0 Å². The van der Waals surface area contributed by atoms with Gasteiger partial charge in [-0.1, -0.05) is 17.7 Å². The van der Waals surface area contributed by atoms with Crippen LogP contribution in [-0.2, 0) is 11.2 Å². The Morgan fingerprint density at radius 1 is 1.60 bits per heavy atom. The Balaban J connectivity index is 2.03. The lowest BCUT2D eigenvalue weighted by Gasteiger charge is -2.04. The molecule has 1 aromatic carbocycles. The van der Waals surface area contributed by atoms with Crippen LogP contribution < -0.4 is 0 Å². The van der Waals surface area contributed by atoms with Crippen molar-refractivity contribution in [2.24, 2.45) is 0 Å². The minimum absolute atomic E-state index is 0.239. The second-order valence-electron chi connectivity index (χ2n) is 3.59. The predicted octanol–water partition coefficient (Wildman–Crippen LogP) is 3.22. The molecule has 0 amide bonds. The molecule has 0 fully saturated rings. The van der Waals surface area contributed by atoms with Crippen LogP contribution >= 0.6 is 23.4 Å². The maximum absolute atomic E-state index is 10.5. The van der Waals surface area contributed by atoms with E-state index < -0.39 is 5.97 Å². The SMILES string of the molecule is O=C(O)CCC1Cc2c(Cl)cccc2S1. The summed E-state index contributed by atoms with van der Waals surface area (Å²) in [6.07, 6.45) is 1.85. The molecule has 4 heteroatoms. The fourth-order valence-electron chi connectivity index (χ4n) is 1.74. The van der Waals surface area contributed by atoms with E-state index in [9.17, 15) is 4.79 Å². The number of benzene rings is 1. The average Bonchev–Trinajstić information content (AvgIpc) is 2.59. The second-order valence-corrected chi connectivity index (χ2v) is 5.34. The Morgan fingerprint density at radius 2 is 2.40 bits per heavy atom. The number of carboxylic acids is 1. The standard InChI is InChI=1S/C11H11ClO2S/c12-9-2-1-3-10-8(9)6-7(15-10)4-5-11(13)14/h1-3,7H,4-6H2,(H,13,14). The summed E-state index contributed by atoms with van der Waals surface area (Å²) < 4.78 is 0. The zero-order chi connectivity index (χ0) is 10.8. The summed E-state index contributed by atoms with van der Waals surface area (Å²) in [5.74, 6) is -0.724. The highest BCUT2D eigenvalue weighted by Crippen LogP contribution is 2.41. The molecule has 0 bridgehead atoms. The number of aliphatic carboxylic acids is 1. The third-order valence-corrected chi connectivity index (χ3v) is 4.21. The van der Waals surface area contributed by atoms with Crippen LogP contribution in [0.1, 0.15) is 18.4 Å². The van der Waals surface area contributed by atoms with Crippen molar-refractivity contribution in [1.82, 2.24) is 0 Å². The van der Waals surface area contributed by atoms with Crippen LogP contribution in [-0.4, -0.2) is 16.3 Å². The maximum atomic E-state index is 10.5. The van der Waals surface area contributed by atoms with Crippen molar-refractivity contribution in [3.8, 4) is 0 Å². The number of hydrogen-bond acceptors (Lipinski definition) is 2. The van der Waals surface area contributed by atoms with Gasteiger partial charge in [0.1, 0.15) is 0 Å². The molecule has 0 saturated heterocycles. The average molecular weight is 243 g/mol. The number of fused-ring (bicyclic) bond motifs is 1. The minimum Gasteiger partial charge on any atom is -0.481 e. The number of carbonyl (C=O) groups is 1. The third kappa shape index (κ3) is 2.47. The van der Waals surface area contributed by atoms with E-state index in [0.717, 1.165) is 11.4 Å². The lowest BCUT2D eigenvalue weighted by atomic mass is 10.1. The molecular weight excluding hydrogens is 232 g/mol. The van der Waals surface area contributed by atoms with Gasteiger partial charge in [-0.25, -0.2) is 0 Å². The molecule has 1 aromatic rings. The Labute approximate surface area is 97.6 Å². The molecule has 0 aliphatic carbocycles. The van der Waals surface area contributed by atoms with Gasteiger partial charge < -0.3 is 5.11 Å². The fraction of sp³-hybridized carbons (Fsp3) is 0.364. The first-order chi connectivity index (χ1) is 7.16. The quantitative estimate of drug-likeness (QED) is 0.884. The first-order valence-corrected chi connectivity index (χ1v) is 6.08. The van der Waals surface area contributed by atoms with E-state index in [1.165, 1.54) is 10.5 Å². The van der Waals surface area contributed by atoms with Gasteiger partial charge in [-0.15, -0.1) is 11.8 Å². The summed E-state index contributed by atoms with van der Waals surface area (Å²) in [5.41, 5.74) is 1.18. The van der Waals surface area contributed by atoms with E-state index in [-0.39, 0.29) is 6.42 Å². The van der Waals surface area contributed by atoms with Gasteiger partial charge in [-0.3, -0.25) is 4.79 Å². The van der Waals surface area contributed by atoms with Gasteiger partial charge in [0, 0.05) is 21.6 Å². The summed E-state index contributed by atoms with van der Waals surface area (Å²) in [6, 6.07) is 5.88. The molecule has 1 heterocycles. The highest BCUT2D eigenvalue weighted by Gasteiger charge is 2.24. The van der Waals surface area contributed by atoms with Crippen molar-refractivity contribution in [3.63, 3.8) is 0 Å². The first-order valence-electron chi connectivity index (χ1n) is 4.82. The lowest BCUT2D eigenvalue weighted by Crippen LogP contribution is -2.05. The topological polar surface area (TPSA) is 37.3 Å². The van der Waals surface area contributed by atoms with Crippen LogP contribution in [0, 0.1) is 0 Å². The number of rotatable bonds is 3. The first kappa shape index (κ1) is 10.8. The van der Waals surface area contributed by atoms with Gasteiger partial charge in [0.05, 0.1) is 0 Å². The summed E-state index contributed by atoms with van der Waals surface area (Å²) >= 11 is 7.81. The third-order valence-electron chi connectivity index (χ3n) is 2.48. The fourth-order valence-corrected chi connectivity index (χ4v) is 3.39. The second kappa shape index (κ2) is 4.45. The molecule has 1 atom stereocenters. The number of thioether (sulfide) groups is 1. The van der Waals surface area contributed by atoms with Gasteiger partial charge in [0.2, 0.25) is 0 Å². The van der Waals surface area contributed by atoms with Crippen LogP contribution in [0.15, 0.2) is 23.1 Å². The Kier molecular flexibility index (Phi) is 3.22. The van der Waals surface area contributed by atoms with Gasteiger partial charge >= 0.3 is 5.97 Å². The van der Waals surface area contributed by atoms with Crippen molar-refractivity contribution in [2.75, 3.05) is 0 Å². The van der Waals surface area contributed by atoms with Crippen molar-refractivity contribution in [1.29, 1.82) is 0 Å². The van der Waals surface area contributed by atoms with E-state index in [0.29, 0.717) is 11.7 Å². The number of carboxylic acid groups (broad SMARTS) is 1. The zero-order valence-corrected chi connectivity index (χ0v) is 9.64. The Hall–Kier alpha value is -0.670. The molecule has 2 rings (SSSR count). The zero-order valence-electron chi connectivity index (χ0n) is 8.07. The van der Waals surface area contributed by atoms with Gasteiger partial charge in [0.15, 0.2) is 0 Å². The highest BCUT2D eigenvalue weighted by molar-refractivity contribution is 8.00. The molecule has 0 radical (unpaired) electrons. The highest BCUT2D eigenvalue weighted by atomic mass is 35.5. The smallest absolute Gasteiger partial charge is 0.303 e. The molecule has 15 heavy (non-hydrogen) atoms. The van der Waals surface area contributed by atoms with Gasteiger partial charge in [-0.05, 0) is 30.5 Å². The summed E-state index contributed by atoms with van der Waals surface area (Å²) in [5, 5.41) is 9.78. The number of hydrogen-bond donors (Lipinski definition) is 1. The van der Waals surface area contributed by atoms with Crippen molar-refractivity contribution in [3.05, 3.63) is 28.8 Å². The van der Waals surface area contributed by atoms with E-state index in [1.807, 2.05) is 18.2 Å². The van der Waals surface area contributed by atoms with Crippen molar-refractivity contribution < 1.29 is 9.90 Å². The molecule has 1 N–H and O–H groups in total. The van der Waals surface area contributed by atoms with E-state index in [2.05, 4.69) is 0 Å². The van der Waals surface area contributed by atoms with Gasteiger partial charge in [-0.2, -0.15) is 0 Å². The molecule has 80 valence electrons. The predicted molar refractivity (Wildman–Crippen MR) is 61.7 cm³/mol. The minimum atomic E-state index is -0.724. The van der Waals surface area contributed by atoms with Crippen LogP contribution in [0.2, 0.25) is 5.02 Å². The molecule has 1 aliphatic rings. The van der Waals surface area contributed by atoms with Gasteiger partial charge in [0.25, 0.3) is 0 Å². The van der Waals surface area contributed by atoms with E-state index >= 15 is 0 Å². The monoisotopic (exact) mass is 242 g/mol. The molecule has 0 spiro atoms. The normalized spacial score (nSPS) is 18.9. The van der Waals surface area contributed by atoms with Crippen LogP contribution in [0.25, 0.3) is 0 Å². The molecule has 0 aromatic heterocycles. The Morgan fingerprint density at radius 3 is 3.07 bits per heavy atom. The molecule has 1 aliphatic heterocycles.